The number of amides is 1. The SMILES string of the molecule is NC(=O)COc1ccc(/C(N)=N/OC(=O)c2cc3nc(-c4ccc(Cl)cc4)cc(C(F)(F)F)n3n2)cc1. The summed E-state index contributed by atoms with van der Waals surface area (Å²) in [5.41, 5.74) is 9.67. The summed E-state index contributed by atoms with van der Waals surface area (Å²) in [7, 11) is 0. The molecule has 190 valence electrons. The highest BCUT2D eigenvalue weighted by Crippen LogP contribution is 2.32. The van der Waals surface area contributed by atoms with E-state index in [1.54, 1.807) is 0 Å². The molecule has 0 aliphatic rings. The Kier molecular flexibility index (Phi) is 6.98. The lowest BCUT2D eigenvalue weighted by Gasteiger charge is -2.11. The van der Waals surface area contributed by atoms with Crippen LogP contribution in [0.4, 0.5) is 13.2 Å². The first-order valence-corrected chi connectivity index (χ1v) is 10.7. The molecule has 4 N–H and O–H groups in total. The number of fused-ring (bicyclic) bond motifs is 1. The zero-order valence-corrected chi connectivity index (χ0v) is 19.3. The van der Waals surface area contributed by atoms with Crippen LogP contribution in [-0.2, 0) is 15.8 Å². The number of halogens is 4. The molecule has 0 aliphatic carbocycles. The third-order valence-electron chi connectivity index (χ3n) is 4.82. The van der Waals surface area contributed by atoms with Crippen LogP contribution >= 0.6 is 11.6 Å². The van der Waals surface area contributed by atoms with Crippen LogP contribution in [0.3, 0.4) is 0 Å². The zero-order valence-electron chi connectivity index (χ0n) is 18.6. The second-order valence-corrected chi connectivity index (χ2v) is 7.90. The topological polar surface area (TPSA) is 147 Å². The molecule has 2 heterocycles. The van der Waals surface area contributed by atoms with Crippen LogP contribution in [0, 0.1) is 0 Å². The standard InChI is InChI=1S/C23H16ClF3N6O4/c24-14-5-1-12(2-6-14)16-9-18(23(25,26)27)33-20(30-16)10-17(31-33)22(35)37-32-21(29)13-3-7-15(8-4-13)36-11-19(28)34/h1-10H,11H2,(H2,28,34)(H2,29,32). The Morgan fingerprint density at radius 2 is 1.70 bits per heavy atom. The van der Waals surface area contributed by atoms with Crippen molar-refractivity contribution in [2.24, 2.45) is 16.6 Å². The number of primary amides is 1. The largest absolute Gasteiger partial charge is 0.484 e. The van der Waals surface area contributed by atoms with Gasteiger partial charge in [-0.25, -0.2) is 14.3 Å². The van der Waals surface area contributed by atoms with E-state index in [1.807, 2.05) is 0 Å². The molecule has 14 heteroatoms. The maximum absolute atomic E-state index is 13.7. The van der Waals surface area contributed by atoms with Gasteiger partial charge in [-0.2, -0.15) is 18.3 Å². The van der Waals surface area contributed by atoms with Crippen LogP contribution < -0.4 is 16.2 Å². The molecule has 0 saturated carbocycles. The van der Waals surface area contributed by atoms with E-state index < -0.39 is 29.4 Å². The molecule has 37 heavy (non-hydrogen) atoms. The Bertz CT molecular complexity index is 1500. The van der Waals surface area contributed by atoms with Crippen LogP contribution in [-0.4, -0.2) is 38.9 Å². The summed E-state index contributed by atoms with van der Waals surface area (Å²) in [5, 5.41) is 7.62. The van der Waals surface area contributed by atoms with Crippen molar-refractivity contribution in [2.75, 3.05) is 6.61 Å². The third kappa shape index (κ3) is 5.95. The first-order chi connectivity index (χ1) is 17.5. The quantitative estimate of drug-likeness (QED) is 0.160. The lowest BCUT2D eigenvalue weighted by molar-refractivity contribution is -0.142. The number of ether oxygens (including phenoxy) is 1. The fraction of sp³-hybridized carbons (Fsp3) is 0.0870. The number of nitrogens with zero attached hydrogens (tertiary/aromatic N) is 4. The van der Waals surface area contributed by atoms with E-state index in [2.05, 4.69) is 15.2 Å². The summed E-state index contributed by atoms with van der Waals surface area (Å²) in [4.78, 5) is 32.2. The molecule has 4 aromatic rings. The van der Waals surface area contributed by atoms with Gasteiger partial charge in [0, 0.05) is 22.2 Å². The Labute approximate surface area is 211 Å². The minimum Gasteiger partial charge on any atom is -0.484 e. The van der Waals surface area contributed by atoms with Gasteiger partial charge in [-0.15, -0.1) is 0 Å². The second-order valence-electron chi connectivity index (χ2n) is 7.47. The van der Waals surface area contributed by atoms with Crippen LogP contribution in [0.1, 0.15) is 21.7 Å². The highest BCUT2D eigenvalue weighted by molar-refractivity contribution is 6.30. The maximum Gasteiger partial charge on any atom is 0.433 e. The first kappa shape index (κ1) is 25.4. The summed E-state index contributed by atoms with van der Waals surface area (Å²) >= 11 is 5.85. The molecule has 10 nitrogen and oxygen atoms in total. The average Bonchev–Trinajstić information content (AvgIpc) is 3.29. The highest BCUT2D eigenvalue weighted by atomic mass is 35.5. The van der Waals surface area contributed by atoms with Gasteiger partial charge in [0.15, 0.2) is 29.5 Å². The fourth-order valence-electron chi connectivity index (χ4n) is 3.11. The fourth-order valence-corrected chi connectivity index (χ4v) is 3.24. The Morgan fingerprint density at radius 1 is 1.03 bits per heavy atom. The van der Waals surface area contributed by atoms with Gasteiger partial charge < -0.3 is 21.0 Å². The number of carbonyl (C=O) groups is 2. The molecule has 0 atom stereocenters. The van der Waals surface area contributed by atoms with Gasteiger partial charge in [-0.05, 0) is 42.5 Å². The van der Waals surface area contributed by atoms with E-state index in [-0.39, 0.29) is 23.8 Å². The number of nitrogens with two attached hydrogens (primary N) is 2. The van der Waals surface area contributed by atoms with Gasteiger partial charge in [0.05, 0.1) is 5.69 Å². The predicted octanol–water partition coefficient (Wildman–Crippen LogP) is 3.41. The number of amidine groups is 1. The number of carbonyl (C=O) groups excluding carboxylic acids is 2. The average molecular weight is 533 g/mol. The molecule has 0 radical (unpaired) electrons. The normalized spacial score (nSPS) is 11.9. The molecular weight excluding hydrogens is 517 g/mol. The number of hydrogen-bond acceptors (Lipinski definition) is 7. The summed E-state index contributed by atoms with van der Waals surface area (Å²) in [6.07, 6.45) is -4.80. The number of oxime groups is 1. The van der Waals surface area contributed by atoms with Crippen molar-refractivity contribution in [3.8, 4) is 17.0 Å². The maximum atomic E-state index is 13.7. The second kappa shape index (κ2) is 10.1. The summed E-state index contributed by atoms with van der Waals surface area (Å²) in [6.45, 7) is -0.314. The number of rotatable bonds is 7. The third-order valence-corrected chi connectivity index (χ3v) is 5.08. The summed E-state index contributed by atoms with van der Waals surface area (Å²) < 4.78 is 46.9. The molecule has 0 bridgehead atoms. The number of benzene rings is 2. The molecule has 0 saturated heterocycles. The van der Waals surface area contributed by atoms with Gasteiger partial charge in [0.1, 0.15) is 5.75 Å². The van der Waals surface area contributed by atoms with Crippen LogP contribution in [0.2, 0.25) is 5.02 Å². The lowest BCUT2D eigenvalue weighted by Crippen LogP contribution is -2.20. The van der Waals surface area contributed by atoms with E-state index in [4.69, 9.17) is 32.6 Å². The van der Waals surface area contributed by atoms with Crippen molar-refractivity contribution in [1.82, 2.24) is 14.6 Å². The highest BCUT2D eigenvalue weighted by Gasteiger charge is 2.35. The number of hydrogen-bond donors (Lipinski definition) is 2. The molecule has 4 rings (SSSR count). The van der Waals surface area contributed by atoms with Gasteiger partial charge in [-0.1, -0.05) is 28.9 Å². The van der Waals surface area contributed by atoms with Crippen LogP contribution in [0.15, 0.2) is 65.8 Å². The molecular formula is C23H16ClF3N6O4. The van der Waals surface area contributed by atoms with E-state index in [0.717, 1.165) is 12.1 Å². The van der Waals surface area contributed by atoms with Gasteiger partial charge in [0.25, 0.3) is 5.91 Å². The number of alkyl halides is 3. The molecule has 2 aromatic heterocycles. The molecule has 2 aromatic carbocycles. The van der Waals surface area contributed by atoms with E-state index in [0.29, 0.717) is 26.4 Å². The smallest absolute Gasteiger partial charge is 0.433 e. The van der Waals surface area contributed by atoms with Crippen molar-refractivity contribution in [3.63, 3.8) is 0 Å². The van der Waals surface area contributed by atoms with Gasteiger partial charge >= 0.3 is 12.1 Å². The van der Waals surface area contributed by atoms with Crippen molar-refractivity contribution in [3.05, 3.63) is 82.6 Å². The zero-order chi connectivity index (χ0) is 26.7. The Balaban J connectivity index is 1.58. The molecule has 0 spiro atoms. The predicted molar refractivity (Wildman–Crippen MR) is 126 cm³/mol. The van der Waals surface area contributed by atoms with E-state index >= 15 is 0 Å². The van der Waals surface area contributed by atoms with Gasteiger partial charge in [-0.3, -0.25) is 4.79 Å². The number of aromatic nitrogens is 3. The molecule has 0 fully saturated rings. The van der Waals surface area contributed by atoms with E-state index in [9.17, 15) is 22.8 Å². The first-order valence-electron chi connectivity index (χ1n) is 10.3. The van der Waals surface area contributed by atoms with Crippen molar-refractivity contribution in [1.29, 1.82) is 0 Å². The molecule has 1 amide bonds. The Morgan fingerprint density at radius 3 is 2.32 bits per heavy atom. The minimum atomic E-state index is -4.80. The van der Waals surface area contributed by atoms with Crippen molar-refractivity contribution >= 4 is 35.0 Å². The van der Waals surface area contributed by atoms with Gasteiger partial charge in [0.2, 0.25) is 0 Å². The lowest BCUT2D eigenvalue weighted by atomic mass is 10.1. The molecule has 0 aliphatic heterocycles. The van der Waals surface area contributed by atoms with E-state index in [1.165, 1.54) is 48.5 Å². The van der Waals surface area contributed by atoms with Crippen molar-refractivity contribution < 1.29 is 32.3 Å². The summed E-state index contributed by atoms with van der Waals surface area (Å²) in [5.74, 6) is -1.68. The monoisotopic (exact) mass is 532 g/mol. The van der Waals surface area contributed by atoms with Crippen molar-refractivity contribution in [2.45, 2.75) is 6.18 Å². The van der Waals surface area contributed by atoms with Crippen LogP contribution in [0.5, 0.6) is 5.75 Å². The van der Waals surface area contributed by atoms with Crippen LogP contribution in [0.25, 0.3) is 16.9 Å². The Hall–Kier alpha value is -4.65. The minimum absolute atomic E-state index is 0.00169. The summed E-state index contributed by atoms with van der Waals surface area (Å²) in [6, 6.07) is 13.8. The molecule has 0 unspecified atom stereocenters.